The average Bonchev–Trinajstić information content (AvgIpc) is 2.87. The van der Waals surface area contributed by atoms with Crippen LogP contribution < -0.4 is 27.8 Å². The molecule has 0 aliphatic carbocycles. The summed E-state index contributed by atoms with van der Waals surface area (Å²) in [5.74, 6) is 0.0560. The summed E-state index contributed by atoms with van der Waals surface area (Å²) in [7, 11) is 6.73. The maximum absolute atomic E-state index is 13.7. The van der Waals surface area contributed by atoms with Crippen molar-refractivity contribution in [3.05, 3.63) is 94.8 Å². The van der Waals surface area contributed by atoms with Gasteiger partial charge in [-0.25, -0.2) is 0 Å². The topological polar surface area (TPSA) is 136 Å². The molecule has 0 radical (unpaired) electrons. The Morgan fingerprint density at radius 1 is 1.17 bits per heavy atom. The van der Waals surface area contributed by atoms with E-state index >= 15 is 0 Å². The van der Waals surface area contributed by atoms with Gasteiger partial charge < -0.3 is 42.2 Å². The minimum atomic E-state index is -4.63. The highest BCUT2D eigenvalue weighted by molar-refractivity contribution is 6.06. The number of carbonyl (C=O) groups excluding carboxylic acids is 1. The molecule has 232 valence electrons. The maximum atomic E-state index is 13.7. The zero-order valence-electron chi connectivity index (χ0n) is 24.8. The lowest BCUT2D eigenvalue weighted by Crippen LogP contribution is -2.18. The van der Waals surface area contributed by atoms with Crippen LogP contribution in [0, 0.1) is 0 Å². The van der Waals surface area contributed by atoms with E-state index in [4.69, 9.17) is 15.2 Å². The first-order valence-corrected chi connectivity index (χ1v) is 12.4. The number of allylic oxidation sites excluding steroid dienone is 4. The molecule has 0 fully saturated rings. The van der Waals surface area contributed by atoms with Crippen molar-refractivity contribution in [2.45, 2.75) is 26.9 Å². The lowest BCUT2D eigenvalue weighted by atomic mass is 10.1. The molecule has 12 heteroatoms. The largest absolute Gasteiger partial charge is 0.501 e. The molecular weight excluding hydrogens is 537 g/mol. The van der Waals surface area contributed by atoms with Gasteiger partial charge in [0.15, 0.2) is 0 Å². The fourth-order valence-corrected chi connectivity index (χ4v) is 3.22. The standard InChI is InChI=1S/C29H40F3N5O3.H3N.2H2/c1-9-21(15-27(19(2)3)35-17-25(33)22(18-37(5)6)14-20(4)40-8)28(38)36-23-10-11-26(34-12-13-39-7)24(16-23)29(30,31)32;;;/h9-11,14-18,34-35H,2,12-13,33H2,1,3-8H3,(H,36,38);1H3;2*1H/b20-14+,21-9+,22-18+,25-17-,27-15+;;;. The number of carbonyl (C=O) groups is 1. The molecule has 1 aromatic rings. The Labute approximate surface area is 243 Å². The van der Waals surface area contributed by atoms with Gasteiger partial charge in [0.2, 0.25) is 0 Å². The zero-order valence-corrected chi connectivity index (χ0v) is 24.8. The van der Waals surface area contributed by atoms with Crippen molar-refractivity contribution in [1.29, 1.82) is 0 Å². The third kappa shape index (κ3) is 12.7. The molecule has 0 bridgehead atoms. The number of hydrogen-bond acceptors (Lipinski definition) is 8. The summed E-state index contributed by atoms with van der Waals surface area (Å²) in [6.45, 7) is 9.56. The van der Waals surface area contributed by atoms with Crippen LogP contribution >= 0.6 is 0 Å². The molecular formula is C29H47F3N6O3. The van der Waals surface area contributed by atoms with Crippen molar-refractivity contribution in [2.24, 2.45) is 5.73 Å². The molecule has 1 amide bonds. The summed E-state index contributed by atoms with van der Waals surface area (Å²) < 4.78 is 51.1. The third-order valence-corrected chi connectivity index (χ3v) is 5.33. The fraction of sp³-hybridized carbons (Fsp3) is 0.345. The van der Waals surface area contributed by atoms with Gasteiger partial charge in [0.25, 0.3) is 5.91 Å². The van der Waals surface area contributed by atoms with Crippen LogP contribution in [0.2, 0.25) is 0 Å². The van der Waals surface area contributed by atoms with Gasteiger partial charge in [-0.2, -0.15) is 13.2 Å². The first-order chi connectivity index (χ1) is 18.7. The molecule has 0 atom stereocenters. The highest BCUT2D eigenvalue weighted by Crippen LogP contribution is 2.36. The molecule has 0 unspecified atom stereocenters. The van der Waals surface area contributed by atoms with Crippen LogP contribution in [-0.4, -0.2) is 52.3 Å². The summed E-state index contributed by atoms with van der Waals surface area (Å²) in [5, 5.41) is 8.30. The SMILES string of the molecule is C=C(C)/C(=C\C(=C/C)C(=O)Nc1ccc(NCCOC)c(C(F)(F)F)c1)N/C=C(N)/C(/C=C(\C)OC)=C/N(C)C.N.[HH].[HH]. The highest BCUT2D eigenvalue weighted by atomic mass is 19.4. The fourth-order valence-electron chi connectivity index (χ4n) is 3.22. The Morgan fingerprint density at radius 2 is 1.83 bits per heavy atom. The minimum absolute atomic E-state index is 0. The van der Waals surface area contributed by atoms with E-state index in [0.29, 0.717) is 28.3 Å². The van der Waals surface area contributed by atoms with Crippen molar-refractivity contribution < 1.29 is 30.3 Å². The molecule has 1 rings (SSSR count). The van der Waals surface area contributed by atoms with Crippen molar-refractivity contribution in [3.8, 4) is 0 Å². The van der Waals surface area contributed by atoms with E-state index in [9.17, 15) is 18.0 Å². The Kier molecular flexibility index (Phi) is 15.7. The number of hydrogen-bond donors (Lipinski definition) is 5. The van der Waals surface area contributed by atoms with E-state index in [1.165, 1.54) is 19.2 Å². The van der Waals surface area contributed by atoms with Crippen LogP contribution in [0.5, 0.6) is 0 Å². The van der Waals surface area contributed by atoms with Crippen molar-refractivity contribution in [3.63, 3.8) is 0 Å². The average molecular weight is 585 g/mol. The number of halogens is 3. The Morgan fingerprint density at radius 3 is 2.34 bits per heavy atom. The lowest BCUT2D eigenvalue weighted by molar-refractivity contribution is -0.137. The number of nitrogens with two attached hydrogens (primary N) is 1. The Balaban J connectivity index is -0.00000533. The van der Waals surface area contributed by atoms with Crippen LogP contribution in [0.15, 0.2) is 89.3 Å². The molecule has 1 aromatic carbocycles. The van der Waals surface area contributed by atoms with Crippen LogP contribution in [0.3, 0.4) is 0 Å². The predicted octanol–water partition coefficient (Wildman–Crippen LogP) is 6.15. The van der Waals surface area contributed by atoms with Crippen LogP contribution in [-0.2, 0) is 20.4 Å². The second-order valence-corrected chi connectivity index (χ2v) is 8.97. The number of nitrogens with zero attached hydrogens (tertiary/aromatic N) is 1. The zero-order chi connectivity index (χ0) is 30.5. The molecule has 0 aromatic heterocycles. The molecule has 41 heavy (non-hydrogen) atoms. The van der Waals surface area contributed by atoms with Crippen molar-refractivity contribution in [2.75, 3.05) is 52.1 Å². The van der Waals surface area contributed by atoms with Gasteiger partial charge in [-0.3, -0.25) is 4.79 Å². The summed E-state index contributed by atoms with van der Waals surface area (Å²) in [6.07, 6.45) is 3.61. The number of methoxy groups -OCH3 is 2. The number of rotatable bonds is 14. The molecule has 0 saturated carbocycles. The second-order valence-electron chi connectivity index (χ2n) is 8.97. The van der Waals surface area contributed by atoms with E-state index < -0.39 is 17.6 Å². The van der Waals surface area contributed by atoms with E-state index in [2.05, 4.69) is 22.5 Å². The summed E-state index contributed by atoms with van der Waals surface area (Å²) in [4.78, 5) is 14.8. The van der Waals surface area contributed by atoms with Crippen molar-refractivity contribution in [1.82, 2.24) is 16.4 Å². The van der Waals surface area contributed by atoms with Gasteiger partial charge >= 0.3 is 6.18 Å². The lowest BCUT2D eigenvalue weighted by Gasteiger charge is -2.17. The van der Waals surface area contributed by atoms with E-state index in [1.807, 2.05) is 25.2 Å². The van der Waals surface area contributed by atoms with Gasteiger partial charge in [-0.15, -0.1) is 0 Å². The maximum Gasteiger partial charge on any atom is 0.418 e. The van der Waals surface area contributed by atoms with Gasteiger partial charge in [-0.05, 0) is 56.7 Å². The van der Waals surface area contributed by atoms with E-state index in [1.54, 1.807) is 52.3 Å². The van der Waals surface area contributed by atoms with Gasteiger partial charge in [0.05, 0.1) is 30.7 Å². The van der Waals surface area contributed by atoms with Gasteiger partial charge in [0, 0.05) is 71.2 Å². The minimum Gasteiger partial charge on any atom is -0.501 e. The predicted molar refractivity (Wildman–Crippen MR) is 164 cm³/mol. The highest BCUT2D eigenvalue weighted by Gasteiger charge is 2.34. The van der Waals surface area contributed by atoms with E-state index in [0.717, 1.165) is 6.07 Å². The smallest absolute Gasteiger partial charge is 0.418 e. The van der Waals surface area contributed by atoms with Gasteiger partial charge in [0.1, 0.15) is 0 Å². The van der Waals surface area contributed by atoms with Crippen LogP contribution in [0.25, 0.3) is 0 Å². The monoisotopic (exact) mass is 584 g/mol. The molecule has 0 spiro atoms. The van der Waals surface area contributed by atoms with Crippen LogP contribution in [0.1, 0.15) is 29.2 Å². The first kappa shape index (κ1) is 36.8. The number of alkyl halides is 3. The normalized spacial score (nSPS) is 13.3. The Hall–Kier alpha value is -4.16. The Bertz CT molecular complexity index is 1210. The summed E-state index contributed by atoms with van der Waals surface area (Å²) in [6, 6.07) is 3.56. The molecule has 0 saturated heterocycles. The number of amides is 1. The third-order valence-electron chi connectivity index (χ3n) is 5.33. The molecule has 8 N–H and O–H groups in total. The molecule has 0 aliphatic rings. The quantitative estimate of drug-likeness (QED) is 0.0761. The number of anilines is 2. The van der Waals surface area contributed by atoms with E-state index in [-0.39, 0.29) is 39.1 Å². The molecule has 0 aliphatic heterocycles. The number of benzene rings is 1. The van der Waals surface area contributed by atoms with Crippen molar-refractivity contribution >= 4 is 17.3 Å². The van der Waals surface area contributed by atoms with Crippen LogP contribution in [0.4, 0.5) is 24.5 Å². The summed E-state index contributed by atoms with van der Waals surface area (Å²) >= 11 is 0. The molecule has 9 nitrogen and oxygen atoms in total. The summed E-state index contributed by atoms with van der Waals surface area (Å²) in [5.41, 5.74) is 7.64. The van der Waals surface area contributed by atoms with Gasteiger partial charge in [-0.1, -0.05) is 12.7 Å². The second kappa shape index (κ2) is 17.5. The number of ether oxygens (including phenoxy) is 2. The first-order valence-electron chi connectivity index (χ1n) is 12.4. The number of nitrogens with one attached hydrogen (secondary N) is 3. The molecule has 0 heterocycles.